The van der Waals surface area contributed by atoms with E-state index in [0.29, 0.717) is 0 Å². The molecular formula is C31H40ClF3. The smallest absolute Gasteiger partial charge is 0.142 e. The summed E-state index contributed by atoms with van der Waals surface area (Å²) < 4.78 is 43.6. The molecule has 35 heavy (non-hydrogen) atoms. The highest BCUT2D eigenvalue weighted by Gasteiger charge is 2.26. The normalized spacial score (nSPS) is 25.1. The summed E-state index contributed by atoms with van der Waals surface area (Å²) in [5.41, 5.74) is 0.725. The van der Waals surface area contributed by atoms with E-state index in [-0.39, 0.29) is 22.1 Å². The van der Waals surface area contributed by atoms with E-state index in [2.05, 4.69) is 6.92 Å². The van der Waals surface area contributed by atoms with E-state index >= 15 is 0 Å². The van der Waals surface area contributed by atoms with Crippen LogP contribution < -0.4 is 0 Å². The van der Waals surface area contributed by atoms with Crippen LogP contribution in [0.5, 0.6) is 0 Å². The van der Waals surface area contributed by atoms with Crippen molar-refractivity contribution in [1.82, 2.24) is 0 Å². The SMILES string of the molecule is CCCCC[C@H]1CC[C@H](CC[C@H]2CC[C@H](c3cc(F)c(-c4ccc(Cl)c(F)c4)c(F)c3)CC2)CC1. The highest BCUT2D eigenvalue weighted by Crippen LogP contribution is 2.41. The molecule has 2 saturated carbocycles. The van der Waals surface area contributed by atoms with Gasteiger partial charge in [0.25, 0.3) is 0 Å². The van der Waals surface area contributed by atoms with Crippen LogP contribution in [0.2, 0.25) is 5.02 Å². The Morgan fingerprint density at radius 3 is 1.77 bits per heavy atom. The molecule has 2 aromatic carbocycles. The number of unbranched alkanes of at least 4 members (excludes halogenated alkanes) is 2. The van der Waals surface area contributed by atoms with Gasteiger partial charge in [0.1, 0.15) is 17.5 Å². The minimum absolute atomic E-state index is 0.0574. The van der Waals surface area contributed by atoms with Gasteiger partial charge in [-0.25, -0.2) is 13.2 Å². The van der Waals surface area contributed by atoms with Crippen LogP contribution in [-0.2, 0) is 0 Å². The van der Waals surface area contributed by atoms with Gasteiger partial charge in [-0.1, -0.05) is 88.8 Å². The van der Waals surface area contributed by atoms with Crippen LogP contribution >= 0.6 is 11.6 Å². The maximum absolute atomic E-state index is 14.9. The highest BCUT2D eigenvalue weighted by molar-refractivity contribution is 6.30. The quantitative estimate of drug-likeness (QED) is 0.298. The molecule has 2 fully saturated rings. The van der Waals surface area contributed by atoms with Crippen molar-refractivity contribution in [2.24, 2.45) is 17.8 Å². The average Bonchev–Trinajstić information content (AvgIpc) is 2.86. The molecule has 0 atom stereocenters. The Labute approximate surface area is 214 Å². The molecule has 0 spiro atoms. The minimum atomic E-state index is -0.676. The summed E-state index contributed by atoms with van der Waals surface area (Å²) in [5, 5.41) is -0.0574. The molecule has 0 nitrogen and oxygen atoms in total. The summed E-state index contributed by atoms with van der Waals surface area (Å²) in [6.45, 7) is 2.28. The van der Waals surface area contributed by atoms with Crippen molar-refractivity contribution in [2.45, 2.75) is 103 Å². The van der Waals surface area contributed by atoms with Crippen LogP contribution in [0.3, 0.4) is 0 Å². The molecule has 0 unspecified atom stereocenters. The van der Waals surface area contributed by atoms with Gasteiger partial charge in [0.2, 0.25) is 0 Å². The first-order valence-corrected chi connectivity index (χ1v) is 14.3. The van der Waals surface area contributed by atoms with E-state index in [1.54, 1.807) is 0 Å². The molecule has 0 N–H and O–H groups in total. The van der Waals surface area contributed by atoms with Crippen molar-refractivity contribution in [3.63, 3.8) is 0 Å². The molecule has 0 aromatic heterocycles. The van der Waals surface area contributed by atoms with Gasteiger partial charge < -0.3 is 0 Å². The van der Waals surface area contributed by atoms with Crippen molar-refractivity contribution >= 4 is 11.6 Å². The van der Waals surface area contributed by atoms with Crippen molar-refractivity contribution in [2.75, 3.05) is 0 Å². The molecule has 0 amide bonds. The molecule has 4 rings (SSSR count). The van der Waals surface area contributed by atoms with Gasteiger partial charge in [-0.3, -0.25) is 0 Å². The second-order valence-electron chi connectivity index (χ2n) is 11.2. The third-order valence-corrected chi connectivity index (χ3v) is 9.06. The Hall–Kier alpha value is -1.48. The van der Waals surface area contributed by atoms with Crippen molar-refractivity contribution in [3.8, 4) is 11.1 Å². The fraction of sp³-hybridized carbons (Fsp3) is 0.613. The van der Waals surface area contributed by atoms with Crippen LogP contribution in [0.25, 0.3) is 11.1 Å². The summed E-state index contributed by atoms with van der Waals surface area (Å²) in [5.74, 6) is 0.890. The van der Waals surface area contributed by atoms with Gasteiger partial charge in [-0.05, 0) is 84.7 Å². The predicted octanol–water partition coefficient (Wildman–Crippen LogP) is 10.9. The second kappa shape index (κ2) is 12.7. The lowest BCUT2D eigenvalue weighted by Crippen LogP contribution is -2.18. The molecule has 4 heteroatoms. The Morgan fingerprint density at radius 1 is 0.686 bits per heavy atom. The van der Waals surface area contributed by atoms with Crippen LogP contribution in [0.15, 0.2) is 30.3 Å². The largest absolute Gasteiger partial charge is 0.206 e. The predicted molar refractivity (Wildman–Crippen MR) is 140 cm³/mol. The third kappa shape index (κ3) is 7.06. The van der Waals surface area contributed by atoms with Gasteiger partial charge in [0.15, 0.2) is 0 Å². The number of hydrogen-bond donors (Lipinski definition) is 0. The number of benzene rings is 2. The van der Waals surface area contributed by atoms with Gasteiger partial charge in [-0.2, -0.15) is 0 Å². The average molecular weight is 505 g/mol. The van der Waals surface area contributed by atoms with Crippen LogP contribution in [0, 0.1) is 35.2 Å². The number of rotatable bonds is 9. The lowest BCUT2D eigenvalue weighted by atomic mass is 9.74. The van der Waals surface area contributed by atoms with E-state index in [9.17, 15) is 13.2 Å². The van der Waals surface area contributed by atoms with Crippen LogP contribution in [0.1, 0.15) is 108 Å². The third-order valence-electron chi connectivity index (χ3n) is 8.76. The molecule has 0 bridgehead atoms. The zero-order valence-corrected chi connectivity index (χ0v) is 21.9. The summed E-state index contributed by atoms with van der Waals surface area (Å²) in [7, 11) is 0. The number of hydrogen-bond acceptors (Lipinski definition) is 0. The first-order chi connectivity index (χ1) is 16.9. The van der Waals surface area contributed by atoms with Gasteiger partial charge in [-0.15, -0.1) is 0 Å². The second-order valence-corrected chi connectivity index (χ2v) is 11.6. The first-order valence-electron chi connectivity index (χ1n) is 13.9. The number of halogens is 4. The molecule has 0 saturated heterocycles. The molecule has 0 heterocycles. The standard InChI is InChI=1S/C31H40ClF3/c1-2-3-4-5-21-6-8-22(9-7-21)10-11-23-12-14-24(15-13-23)26-19-29(34)31(30(35)20-26)25-16-17-27(32)28(33)18-25/h16-24H,2-15H2,1H3/t21-,22-,23-,24-. The van der Waals surface area contributed by atoms with Gasteiger partial charge in [0, 0.05) is 0 Å². The minimum Gasteiger partial charge on any atom is -0.206 e. The summed E-state index contributed by atoms with van der Waals surface area (Å²) >= 11 is 5.72. The first kappa shape index (κ1) is 26.6. The molecule has 192 valence electrons. The van der Waals surface area contributed by atoms with E-state index in [0.717, 1.165) is 55.1 Å². The summed E-state index contributed by atoms with van der Waals surface area (Å²) in [6.07, 6.45) is 18.1. The maximum atomic E-state index is 14.9. The van der Waals surface area contributed by atoms with Crippen LogP contribution in [0.4, 0.5) is 13.2 Å². The van der Waals surface area contributed by atoms with Gasteiger partial charge in [0.05, 0.1) is 10.6 Å². The summed E-state index contributed by atoms with van der Waals surface area (Å²) in [6, 6.07) is 6.79. The molecule has 0 radical (unpaired) electrons. The molecule has 2 aromatic rings. The van der Waals surface area contributed by atoms with Gasteiger partial charge >= 0.3 is 0 Å². The fourth-order valence-electron chi connectivity index (χ4n) is 6.50. The van der Waals surface area contributed by atoms with E-state index < -0.39 is 17.5 Å². The molecule has 0 aliphatic heterocycles. The van der Waals surface area contributed by atoms with E-state index in [4.69, 9.17) is 11.6 Å². The van der Waals surface area contributed by atoms with E-state index in [1.165, 1.54) is 88.5 Å². The fourth-order valence-corrected chi connectivity index (χ4v) is 6.62. The molecule has 2 aliphatic rings. The zero-order chi connectivity index (χ0) is 24.8. The van der Waals surface area contributed by atoms with Crippen molar-refractivity contribution in [1.29, 1.82) is 0 Å². The van der Waals surface area contributed by atoms with E-state index in [1.807, 2.05) is 0 Å². The molecular weight excluding hydrogens is 465 g/mol. The maximum Gasteiger partial charge on any atom is 0.142 e. The van der Waals surface area contributed by atoms with Crippen LogP contribution in [-0.4, -0.2) is 0 Å². The monoisotopic (exact) mass is 504 g/mol. The van der Waals surface area contributed by atoms with Crippen molar-refractivity contribution < 1.29 is 13.2 Å². The Balaban J connectivity index is 1.25. The zero-order valence-electron chi connectivity index (χ0n) is 21.1. The summed E-state index contributed by atoms with van der Waals surface area (Å²) in [4.78, 5) is 0. The Bertz CT molecular complexity index is 933. The topological polar surface area (TPSA) is 0 Å². The lowest BCUT2D eigenvalue weighted by molar-refractivity contribution is 0.222. The lowest BCUT2D eigenvalue weighted by Gasteiger charge is -2.32. The Kier molecular flexibility index (Phi) is 9.61. The molecule has 2 aliphatic carbocycles. The highest BCUT2D eigenvalue weighted by atomic mass is 35.5. The van der Waals surface area contributed by atoms with Crippen molar-refractivity contribution in [3.05, 3.63) is 58.4 Å². The Morgan fingerprint density at radius 2 is 1.23 bits per heavy atom.